The minimum Gasteiger partial charge on any atom is -0.351 e. The maximum Gasteiger partial charge on any atom is 0.268 e. The van der Waals surface area contributed by atoms with E-state index in [4.69, 9.17) is 0 Å². The summed E-state index contributed by atoms with van der Waals surface area (Å²) in [6, 6.07) is 17.9. The molecule has 2 aromatic carbocycles. The van der Waals surface area contributed by atoms with Gasteiger partial charge >= 0.3 is 0 Å². The van der Waals surface area contributed by atoms with Gasteiger partial charge in [-0.25, -0.2) is 0 Å². The van der Waals surface area contributed by atoms with Crippen molar-refractivity contribution in [1.29, 1.82) is 0 Å². The summed E-state index contributed by atoms with van der Waals surface area (Å²) in [5.74, 6) is -0.0815. The number of fused-ring (bicyclic) bond motifs is 1. The van der Waals surface area contributed by atoms with Gasteiger partial charge in [0, 0.05) is 10.9 Å². The second-order valence-electron chi connectivity index (χ2n) is 5.32. The molecule has 1 heterocycles. The van der Waals surface area contributed by atoms with Gasteiger partial charge in [0.25, 0.3) is 5.91 Å². The molecule has 21 heavy (non-hydrogen) atoms. The molecule has 0 fully saturated rings. The number of benzene rings is 2. The number of carbonyl (C=O) groups excluding carboxylic acids is 1. The van der Waals surface area contributed by atoms with Crippen molar-refractivity contribution in [2.45, 2.75) is 19.9 Å². The third-order valence-electron chi connectivity index (χ3n) is 3.77. The van der Waals surface area contributed by atoms with Gasteiger partial charge in [-0.1, -0.05) is 42.5 Å². The monoisotopic (exact) mass is 278 g/mol. The molecule has 3 rings (SSSR count). The van der Waals surface area contributed by atoms with Gasteiger partial charge in [-0.3, -0.25) is 4.79 Å². The van der Waals surface area contributed by atoms with E-state index in [1.54, 1.807) is 0 Å². The lowest BCUT2D eigenvalue weighted by molar-refractivity contribution is 0.0935. The van der Waals surface area contributed by atoms with E-state index in [2.05, 4.69) is 10.3 Å². The Bertz CT molecular complexity index is 774. The number of aromatic nitrogens is 1. The van der Waals surface area contributed by atoms with Crippen LogP contribution in [0.2, 0.25) is 0 Å². The van der Waals surface area contributed by atoms with Crippen LogP contribution in [-0.4, -0.2) is 10.9 Å². The molecule has 0 saturated heterocycles. The first kappa shape index (κ1) is 13.4. The molecule has 0 radical (unpaired) electrons. The number of hydrogen-bond donors (Lipinski definition) is 2. The van der Waals surface area contributed by atoms with Crippen molar-refractivity contribution >= 4 is 16.8 Å². The Morgan fingerprint density at radius 3 is 2.57 bits per heavy atom. The molecule has 0 bridgehead atoms. The van der Waals surface area contributed by atoms with E-state index >= 15 is 0 Å². The van der Waals surface area contributed by atoms with Crippen LogP contribution in [0.5, 0.6) is 0 Å². The highest BCUT2D eigenvalue weighted by molar-refractivity contribution is 5.98. The van der Waals surface area contributed by atoms with Crippen LogP contribution in [0.4, 0.5) is 0 Å². The molecule has 106 valence electrons. The van der Waals surface area contributed by atoms with Crippen LogP contribution in [0.1, 0.15) is 34.6 Å². The Kier molecular flexibility index (Phi) is 3.48. The first-order valence-electron chi connectivity index (χ1n) is 7.09. The molecule has 0 spiro atoms. The first-order chi connectivity index (χ1) is 10.1. The minimum atomic E-state index is -0.0815. The van der Waals surface area contributed by atoms with Gasteiger partial charge in [0.2, 0.25) is 0 Å². The lowest BCUT2D eigenvalue weighted by atomic mass is 10.1. The summed E-state index contributed by atoms with van der Waals surface area (Å²) in [5, 5.41) is 4.12. The van der Waals surface area contributed by atoms with Gasteiger partial charge in [-0.05, 0) is 37.1 Å². The molecule has 1 aromatic heterocycles. The summed E-state index contributed by atoms with van der Waals surface area (Å²) < 4.78 is 0. The maximum atomic E-state index is 12.4. The van der Waals surface area contributed by atoms with Gasteiger partial charge in [-0.2, -0.15) is 0 Å². The van der Waals surface area contributed by atoms with E-state index in [0.717, 1.165) is 16.5 Å². The Hall–Kier alpha value is -2.55. The van der Waals surface area contributed by atoms with Crippen molar-refractivity contribution in [3.8, 4) is 0 Å². The van der Waals surface area contributed by atoms with Crippen molar-refractivity contribution in [1.82, 2.24) is 10.3 Å². The molecule has 1 amide bonds. The highest BCUT2D eigenvalue weighted by Gasteiger charge is 2.13. The van der Waals surface area contributed by atoms with E-state index in [-0.39, 0.29) is 11.9 Å². The van der Waals surface area contributed by atoms with Crippen molar-refractivity contribution in [3.05, 3.63) is 71.4 Å². The Morgan fingerprint density at radius 2 is 1.86 bits per heavy atom. The largest absolute Gasteiger partial charge is 0.351 e. The SMILES string of the molecule is Cc1cccc2[nH]c(C(=O)NC(C)c3ccccc3)cc12. The molecule has 0 aliphatic carbocycles. The fourth-order valence-corrected chi connectivity index (χ4v) is 2.53. The summed E-state index contributed by atoms with van der Waals surface area (Å²) in [4.78, 5) is 15.5. The van der Waals surface area contributed by atoms with Gasteiger partial charge in [0.15, 0.2) is 0 Å². The average molecular weight is 278 g/mol. The highest BCUT2D eigenvalue weighted by Crippen LogP contribution is 2.20. The van der Waals surface area contributed by atoms with Crippen molar-refractivity contribution in [3.63, 3.8) is 0 Å². The van der Waals surface area contributed by atoms with Gasteiger partial charge in [0.1, 0.15) is 5.69 Å². The molecule has 3 heteroatoms. The molecule has 0 aliphatic heterocycles. The summed E-state index contributed by atoms with van der Waals surface area (Å²) in [5.41, 5.74) is 3.85. The van der Waals surface area contributed by atoms with E-state index in [1.807, 2.05) is 68.4 Å². The number of rotatable bonds is 3. The number of carbonyl (C=O) groups is 1. The fraction of sp³-hybridized carbons (Fsp3) is 0.167. The Labute approximate surface area is 124 Å². The van der Waals surface area contributed by atoms with Gasteiger partial charge < -0.3 is 10.3 Å². The number of H-pyrrole nitrogens is 1. The minimum absolute atomic E-state index is 0.0220. The van der Waals surface area contributed by atoms with Crippen LogP contribution in [0.15, 0.2) is 54.6 Å². The molecule has 0 saturated carbocycles. The lowest BCUT2D eigenvalue weighted by Crippen LogP contribution is -2.26. The third kappa shape index (κ3) is 2.68. The van der Waals surface area contributed by atoms with E-state index in [9.17, 15) is 4.79 Å². The summed E-state index contributed by atoms with van der Waals surface area (Å²) in [6.45, 7) is 4.03. The topological polar surface area (TPSA) is 44.9 Å². The van der Waals surface area contributed by atoms with E-state index in [1.165, 1.54) is 5.56 Å². The molecule has 1 unspecified atom stereocenters. The second kappa shape index (κ2) is 5.44. The molecule has 2 N–H and O–H groups in total. The predicted octanol–water partition coefficient (Wildman–Crippen LogP) is 3.97. The Balaban J connectivity index is 1.82. The molecule has 0 aliphatic rings. The van der Waals surface area contributed by atoms with Crippen molar-refractivity contribution in [2.24, 2.45) is 0 Å². The number of amides is 1. The zero-order valence-corrected chi connectivity index (χ0v) is 12.2. The fourth-order valence-electron chi connectivity index (χ4n) is 2.53. The normalized spacial score (nSPS) is 12.3. The third-order valence-corrected chi connectivity index (χ3v) is 3.77. The van der Waals surface area contributed by atoms with E-state index in [0.29, 0.717) is 5.69 Å². The van der Waals surface area contributed by atoms with Crippen LogP contribution >= 0.6 is 0 Å². The highest BCUT2D eigenvalue weighted by atomic mass is 16.1. The number of aromatic amines is 1. The van der Waals surface area contributed by atoms with Crippen LogP contribution in [-0.2, 0) is 0 Å². The van der Waals surface area contributed by atoms with Crippen LogP contribution in [0, 0.1) is 6.92 Å². The smallest absolute Gasteiger partial charge is 0.268 e. The summed E-state index contributed by atoms with van der Waals surface area (Å²) in [7, 11) is 0. The van der Waals surface area contributed by atoms with Crippen molar-refractivity contribution in [2.75, 3.05) is 0 Å². The summed E-state index contributed by atoms with van der Waals surface area (Å²) >= 11 is 0. The average Bonchev–Trinajstić information content (AvgIpc) is 2.94. The maximum absolute atomic E-state index is 12.4. The molecular weight excluding hydrogens is 260 g/mol. The number of nitrogens with one attached hydrogen (secondary N) is 2. The lowest BCUT2D eigenvalue weighted by Gasteiger charge is -2.13. The van der Waals surface area contributed by atoms with Crippen LogP contribution < -0.4 is 5.32 Å². The Morgan fingerprint density at radius 1 is 1.10 bits per heavy atom. The second-order valence-corrected chi connectivity index (χ2v) is 5.32. The first-order valence-corrected chi connectivity index (χ1v) is 7.09. The quantitative estimate of drug-likeness (QED) is 0.748. The zero-order valence-electron chi connectivity index (χ0n) is 12.2. The summed E-state index contributed by atoms with van der Waals surface area (Å²) in [6.07, 6.45) is 0. The van der Waals surface area contributed by atoms with Gasteiger partial charge in [0.05, 0.1) is 6.04 Å². The zero-order chi connectivity index (χ0) is 14.8. The van der Waals surface area contributed by atoms with Crippen molar-refractivity contribution < 1.29 is 4.79 Å². The molecule has 3 aromatic rings. The van der Waals surface area contributed by atoms with Gasteiger partial charge in [-0.15, -0.1) is 0 Å². The predicted molar refractivity (Wildman–Crippen MR) is 85.4 cm³/mol. The van der Waals surface area contributed by atoms with Crippen LogP contribution in [0.3, 0.4) is 0 Å². The number of aryl methyl sites for hydroxylation is 1. The van der Waals surface area contributed by atoms with E-state index < -0.39 is 0 Å². The van der Waals surface area contributed by atoms with Crippen LogP contribution in [0.25, 0.3) is 10.9 Å². The molecular formula is C18H18N2O. The molecule has 1 atom stereocenters. The standard InChI is InChI=1S/C18H18N2O/c1-12-7-6-10-16-15(12)11-17(20-16)18(21)19-13(2)14-8-4-3-5-9-14/h3-11,13,20H,1-2H3,(H,19,21). The molecule has 3 nitrogen and oxygen atoms in total. The number of hydrogen-bond acceptors (Lipinski definition) is 1.